The molecule has 0 radical (unpaired) electrons. The van der Waals surface area contributed by atoms with Crippen molar-refractivity contribution in [2.24, 2.45) is 5.92 Å². The number of hydrogen-bond acceptors (Lipinski definition) is 6. The predicted octanol–water partition coefficient (Wildman–Crippen LogP) is -2.97. The molecule has 0 amide bonds. The fraction of sp³-hybridized carbons (Fsp3) is 1.00. The first kappa shape index (κ1) is 10.8. The van der Waals surface area contributed by atoms with Gasteiger partial charge in [0.15, 0.2) is 6.29 Å². The first-order valence-corrected chi connectivity index (χ1v) is 4.03. The van der Waals surface area contributed by atoms with Gasteiger partial charge in [-0.25, -0.2) is 0 Å². The summed E-state index contributed by atoms with van der Waals surface area (Å²) in [5.74, 6) is -0.775. The highest BCUT2D eigenvalue weighted by molar-refractivity contribution is 4.87. The third-order valence-corrected chi connectivity index (χ3v) is 2.26. The SMILES string of the molecule is OCC1OC(O)C(O)C(O)C1CO. The van der Waals surface area contributed by atoms with Gasteiger partial charge in [0.1, 0.15) is 6.10 Å². The van der Waals surface area contributed by atoms with Crippen molar-refractivity contribution in [3.8, 4) is 0 Å². The maximum absolute atomic E-state index is 9.35. The molecule has 6 heteroatoms. The third kappa shape index (κ3) is 1.98. The van der Waals surface area contributed by atoms with Crippen LogP contribution in [0.3, 0.4) is 0 Å². The van der Waals surface area contributed by atoms with Crippen molar-refractivity contribution in [3.05, 3.63) is 0 Å². The van der Waals surface area contributed by atoms with Crippen LogP contribution in [-0.2, 0) is 4.74 Å². The Morgan fingerprint density at radius 1 is 0.923 bits per heavy atom. The molecule has 78 valence electrons. The van der Waals surface area contributed by atoms with Crippen LogP contribution < -0.4 is 0 Å². The molecule has 0 saturated carbocycles. The monoisotopic (exact) mass is 194 g/mol. The molecule has 0 spiro atoms. The summed E-state index contributed by atoms with van der Waals surface area (Å²) in [6, 6.07) is 0. The Balaban J connectivity index is 2.69. The molecule has 5 N–H and O–H groups in total. The Morgan fingerprint density at radius 2 is 1.54 bits per heavy atom. The highest BCUT2D eigenvalue weighted by atomic mass is 16.6. The third-order valence-electron chi connectivity index (χ3n) is 2.26. The summed E-state index contributed by atoms with van der Waals surface area (Å²) in [7, 11) is 0. The highest BCUT2D eigenvalue weighted by Crippen LogP contribution is 2.24. The van der Waals surface area contributed by atoms with Gasteiger partial charge in [-0.1, -0.05) is 0 Å². The summed E-state index contributed by atoms with van der Waals surface area (Å²) >= 11 is 0. The summed E-state index contributed by atoms with van der Waals surface area (Å²) in [5.41, 5.74) is 0. The molecule has 0 bridgehead atoms. The molecule has 13 heavy (non-hydrogen) atoms. The van der Waals surface area contributed by atoms with Crippen LogP contribution in [0, 0.1) is 5.92 Å². The van der Waals surface area contributed by atoms with Crippen LogP contribution in [0.15, 0.2) is 0 Å². The number of aliphatic hydroxyl groups excluding tert-OH is 5. The summed E-state index contributed by atoms with van der Waals surface area (Å²) in [4.78, 5) is 0. The van der Waals surface area contributed by atoms with Crippen molar-refractivity contribution >= 4 is 0 Å². The molecule has 1 fully saturated rings. The van der Waals surface area contributed by atoms with E-state index in [0.717, 1.165) is 0 Å². The van der Waals surface area contributed by atoms with Crippen LogP contribution in [0.25, 0.3) is 0 Å². The van der Waals surface area contributed by atoms with Crippen LogP contribution in [0.2, 0.25) is 0 Å². The van der Waals surface area contributed by atoms with E-state index in [9.17, 15) is 5.11 Å². The average molecular weight is 194 g/mol. The Bertz CT molecular complexity index is 161. The lowest BCUT2D eigenvalue weighted by atomic mass is 9.90. The van der Waals surface area contributed by atoms with E-state index in [2.05, 4.69) is 0 Å². The maximum Gasteiger partial charge on any atom is 0.183 e. The van der Waals surface area contributed by atoms with Gasteiger partial charge in [0.25, 0.3) is 0 Å². The fourth-order valence-electron chi connectivity index (χ4n) is 1.41. The molecule has 6 nitrogen and oxygen atoms in total. The molecule has 0 aromatic carbocycles. The van der Waals surface area contributed by atoms with E-state index >= 15 is 0 Å². The number of hydrogen-bond donors (Lipinski definition) is 5. The van der Waals surface area contributed by atoms with Crippen LogP contribution in [0.4, 0.5) is 0 Å². The Kier molecular flexibility index (Phi) is 3.60. The minimum atomic E-state index is -1.52. The zero-order valence-electron chi connectivity index (χ0n) is 6.95. The van der Waals surface area contributed by atoms with Gasteiger partial charge in [-0.3, -0.25) is 0 Å². The quantitative estimate of drug-likeness (QED) is 0.321. The minimum Gasteiger partial charge on any atom is -0.396 e. The van der Waals surface area contributed by atoms with E-state index in [1.54, 1.807) is 0 Å². The number of aliphatic hydroxyl groups is 5. The second-order valence-corrected chi connectivity index (χ2v) is 3.08. The lowest BCUT2D eigenvalue weighted by Crippen LogP contribution is -2.56. The first-order chi connectivity index (χ1) is 6.11. The van der Waals surface area contributed by atoms with Crippen molar-refractivity contribution in [2.75, 3.05) is 13.2 Å². The van der Waals surface area contributed by atoms with E-state index in [-0.39, 0.29) is 0 Å². The average Bonchev–Trinajstić information content (AvgIpc) is 2.13. The first-order valence-electron chi connectivity index (χ1n) is 4.03. The van der Waals surface area contributed by atoms with Crippen LogP contribution in [0.5, 0.6) is 0 Å². The summed E-state index contributed by atoms with van der Waals surface area (Å²) < 4.78 is 4.76. The summed E-state index contributed by atoms with van der Waals surface area (Å²) in [6.07, 6.45) is -5.10. The van der Waals surface area contributed by atoms with Gasteiger partial charge >= 0.3 is 0 Å². The Labute approximate surface area is 75.0 Å². The molecule has 0 aromatic rings. The van der Waals surface area contributed by atoms with Crippen LogP contribution in [0.1, 0.15) is 0 Å². The van der Waals surface area contributed by atoms with Gasteiger partial charge in [0.2, 0.25) is 0 Å². The van der Waals surface area contributed by atoms with Crippen molar-refractivity contribution in [3.63, 3.8) is 0 Å². The molecule has 5 unspecified atom stereocenters. The van der Waals surface area contributed by atoms with Gasteiger partial charge in [-0.15, -0.1) is 0 Å². The Hall–Kier alpha value is -0.240. The van der Waals surface area contributed by atoms with E-state index < -0.39 is 43.7 Å². The summed E-state index contributed by atoms with van der Waals surface area (Å²) in [6.45, 7) is -0.845. The van der Waals surface area contributed by atoms with Crippen molar-refractivity contribution in [1.29, 1.82) is 0 Å². The number of rotatable bonds is 2. The second-order valence-electron chi connectivity index (χ2n) is 3.08. The smallest absolute Gasteiger partial charge is 0.183 e. The molecule has 5 atom stereocenters. The summed E-state index contributed by atoms with van der Waals surface area (Å²) in [5, 5.41) is 45.1. The highest BCUT2D eigenvalue weighted by Gasteiger charge is 2.42. The Morgan fingerprint density at radius 3 is 2.00 bits per heavy atom. The molecule has 0 aliphatic carbocycles. The molecule has 1 aliphatic rings. The maximum atomic E-state index is 9.35. The lowest BCUT2D eigenvalue weighted by molar-refractivity contribution is -0.277. The molecule has 1 heterocycles. The van der Waals surface area contributed by atoms with E-state index in [4.69, 9.17) is 25.2 Å². The largest absolute Gasteiger partial charge is 0.396 e. The van der Waals surface area contributed by atoms with Gasteiger partial charge < -0.3 is 30.3 Å². The van der Waals surface area contributed by atoms with E-state index in [0.29, 0.717) is 0 Å². The molecular weight excluding hydrogens is 180 g/mol. The zero-order chi connectivity index (χ0) is 10.0. The predicted molar refractivity (Wildman–Crippen MR) is 40.6 cm³/mol. The number of ether oxygens (including phenoxy) is 1. The van der Waals surface area contributed by atoms with Gasteiger partial charge in [0, 0.05) is 5.92 Å². The van der Waals surface area contributed by atoms with E-state index in [1.165, 1.54) is 0 Å². The van der Waals surface area contributed by atoms with Gasteiger partial charge in [0.05, 0.1) is 25.4 Å². The standard InChI is InChI=1S/C7H14O6/c8-1-3-4(2-9)13-7(12)6(11)5(3)10/h3-12H,1-2H2. The minimum absolute atomic E-state index is 0.420. The molecular formula is C7H14O6. The van der Waals surface area contributed by atoms with Crippen LogP contribution >= 0.6 is 0 Å². The topological polar surface area (TPSA) is 110 Å². The van der Waals surface area contributed by atoms with Crippen LogP contribution in [-0.4, -0.2) is 63.3 Å². The normalized spacial score (nSPS) is 46.4. The molecule has 1 rings (SSSR count). The van der Waals surface area contributed by atoms with Crippen molar-refractivity contribution in [2.45, 2.75) is 24.6 Å². The molecule has 0 aromatic heterocycles. The second kappa shape index (κ2) is 4.32. The molecule has 1 saturated heterocycles. The fourth-order valence-corrected chi connectivity index (χ4v) is 1.41. The van der Waals surface area contributed by atoms with E-state index in [1.807, 2.05) is 0 Å². The van der Waals surface area contributed by atoms with Gasteiger partial charge in [-0.05, 0) is 0 Å². The molecule has 1 aliphatic heterocycles. The zero-order valence-corrected chi connectivity index (χ0v) is 6.95. The van der Waals surface area contributed by atoms with Crippen molar-refractivity contribution < 1.29 is 30.3 Å². The van der Waals surface area contributed by atoms with Crippen molar-refractivity contribution in [1.82, 2.24) is 0 Å². The lowest BCUT2D eigenvalue weighted by Gasteiger charge is -2.39. The van der Waals surface area contributed by atoms with Gasteiger partial charge in [-0.2, -0.15) is 0 Å².